The van der Waals surface area contributed by atoms with E-state index in [1.165, 1.54) is 4.68 Å². The highest BCUT2D eigenvalue weighted by molar-refractivity contribution is 9.10. The smallest absolute Gasteiger partial charge is 0.328 e. The quantitative estimate of drug-likeness (QED) is 0.281. The fourth-order valence-corrected chi connectivity index (χ4v) is 4.01. The SMILES string of the molecule is CCOc1ccc(NC(=O)c2cc3cc(Br)ccc3n2NC(=O)C(=O)Nc2ccc(C)c(C)c2)cc1. The van der Waals surface area contributed by atoms with Crippen LogP contribution in [0.25, 0.3) is 10.9 Å². The number of halogens is 1. The van der Waals surface area contributed by atoms with Gasteiger partial charge in [0.1, 0.15) is 11.4 Å². The molecule has 0 saturated heterocycles. The molecule has 0 radical (unpaired) electrons. The summed E-state index contributed by atoms with van der Waals surface area (Å²) in [5.74, 6) is -1.53. The van der Waals surface area contributed by atoms with E-state index in [-0.39, 0.29) is 5.69 Å². The monoisotopic (exact) mass is 548 g/mol. The molecule has 0 spiro atoms. The first kappa shape index (κ1) is 25.0. The fourth-order valence-electron chi connectivity index (χ4n) is 3.63. The molecule has 0 saturated carbocycles. The van der Waals surface area contributed by atoms with Crippen molar-refractivity contribution >= 4 is 55.9 Å². The minimum Gasteiger partial charge on any atom is -0.494 e. The lowest BCUT2D eigenvalue weighted by Gasteiger charge is -2.13. The molecule has 0 bridgehead atoms. The zero-order chi connectivity index (χ0) is 25.8. The summed E-state index contributed by atoms with van der Waals surface area (Å²) in [7, 11) is 0. The zero-order valence-corrected chi connectivity index (χ0v) is 21.6. The Labute approximate surface area is 216 Å². The van der Waals surface area contributed by atoms with E-state index in [1.807, 2.05) is 32.9 Å². The number of carbonyl (C=O) groups excluding carboxylic acids is 3. The van der Waals surface area contributed by atoms with Crippen LogP contribution in [0.3, 0.4) is 0 Å². The number of carbonyl (C=O) groups is 3. The molecule has 1 aromatic heterocycles. The van der Waals surface area contributed by atoms with Gasteiger partial charge in [0.2, 0.25) is 0 Å². The van der Waals surface area contributed by atoms with Gasteiger partial charge in [-0.05, 0) is 92.6 Å². The number of hydrogen-bond donors (Lipinski definition) is 3. The van der Waals surface area contributed by atoms with Crippen molar-refractivity contribution in [2.45, 2.75) is 20.8 Å². The molecule has 9 heteroatoms. The van der Waals surface area contributed by atoms with Crippen molar-refractivity contribution in [1.29, 1.82) is 0 Å². The second-order valence-corrected chi connectivity index (χ2v) is 9.09. The molecule has 0 aliphatic rings. The van der Waals surface area contributed by atoms with Gasteiger partial charge in [-0.1, -0.05) is 22.0 Å². The predicted octanol–water partition coefficient (Wildman–Crippen LogP) is 5.38. The van der Waals surface area contributed by atoms with E-state index in [0.717, 1.165) is 15.6 Å². The maximum absolute atomic E-state index is 13.2. The molecule has 0 aliphatic carbocycles. The van der Waals surface area contributed by atoms with Crippen molar-refractivity contribution in [3.05, 3.63) is 88.0 Å². The van der Waals surface area contributed by atoms with Crippen LogP contribution in [-0.2, 0) is 9.59 Å². The first-order valence-corrected chi connectivity index (χ1v) is 12.1. The number of nitrogens with zero attached hydrogens (tertiary/aromatic N) is 1. The normalized spacial score (nSPS) is 10.7. The van der Waals surface area contributed by atoms with Crippen molar-refractivity contribution in [2.75, 3.05) is 22.7 Å². The maximum atomic E-state index is 13.2. The lowest BCUT2D eigenvalue weighted by Crippen LogP contribution is -2.36. The molecule has 8 nitrogen and oxygen atoms in total. The van der Waals surface area contributed by atoms with Crippen LogP contribution >= 0.6 is 15.9 Å². The minimum atomic E-state index is -0.913. The van der Waals surface area contributed by atoms with E-state index < -0.39 is 17.7 Å². The third kappa shape index (κ3) is 5.58. The Morgan fingerprint density at radius 3 is 2.25 bits per heavy atom. The Kier molecular flexibility index (Phi) is 7.40. The van der Waals surface area contributed by atoms with Gasteiger partial charge in [0, 0.05) is 21.2 Å². The van der Waals surface area contributed by atoms with Crippen LogP contribution in [0.4, 0.5) is 11.4 Å². The number of anilines is 2. The van der Waals surface area contributed by atoms with Crippen molar-refractivity contribution in [3.8, 4) is 5.75 Å². The van der Waals surface area contributed by atoms with Crippen molar-refractivity contribution < 1.29 is 19.1 Å². The molecule has 4 rings (SSSR count). The van der Waals surface area contributed by atoms with Gasteiger partial charge in [0.25, 0.3) is 5.91 Å². The lowest BCUT2D eigenvalue weighted by molar-refractivity contribution is -0.133. The predicted molar refractivity (Wildman–Crippen MR) is 144 cm³/mol. The van der Waals surface area contributed by atoms with E-state index in [9.17, 15) is 14.4 Å². The highest BCUT2D eigenvalue weighted by Crippen LogP contribution is 2.24. The van der Waals surface area contributed by atoms with E-state index in [0.29, 0.717) is 34.6 Å². The summed E-state index contributed by atoms with van der Waals surface area (Å²) in [5, 5.41) is 6.12. The molecule has 36 heavy (non-hydrogen) atoms. The van der Waals surface area contributed by atoms with Crippen LogP contribution in [0.1, 0.15) is 28.5 Å². The summed E-state index contributed by atoms with van der Waals surface area (Å²) in [4.78, 5) is 38.6. The standard InChI is InChI=1S/C27H25BrN4O4/c1-4-36-22-10-8-20(9-11-22)29-25(33)24-15-18-14-19(28)6-12-23(18)32(24)31-27(35)26(34)30-21-7-5-16(2)17(3)13-21/h5-15H,4H2,1-3H3,(H,29,33)(H,30,34)(H,31,35). The summed E-state index contributed by atoms with van der Waals surface area (Å²) in [6, 6.07) is 19.3. The maximum Gasteiger partial charge on any atom is 0.328 e. The van der Waals surface area contributed by atoms with Gasteiger partial charge in [0.05, 0.1) is 12.1 Å². The van der Waals surface area contributed by atoms with Gasteiger partial charge >= 0.3 is 11.8 Å². The number of aryl methyl sites for hydroxylation is 2. The molecule has 3 aromatic carbocycles. The summed E-state index contributed by atoms with van der Waals surface area (Å²) < 4.78 is 7.56. The second kappa shape index (κ2) is 10.7. The molecule has 184 valence electrons. The van der Waals surface area contributed by atoms with Gasteiger partial charge < -0.3 is 15.4 Å². The molecular formula is C27H25BrN4O4. The number of benzene rings is 3. The molecule has 0 atom stereocenters. The number of rotatable bonds is 6. The molecule has 4 aromatic rings. The highest BCUT2D eigenvalue weighted by atomic mass is 79.9. The molecular weight excluding hydrogens is 524 g/mol. The second-order valence-electron chi connectivity index (χ2n) is 8.17. The summed E-state index contributed by atoms with van der Waals surface area (Å²) >= 11 is 3.43. The van der Waals surface area contributed by atoms with Crippen LogP contribution in [0.15, 0.2) is 71.2 Å². The summed E-state index contributed by atoms with van der Waals surface area (Å²) in [6.45, 7) is 6.31. The largest absolute Gasteiger partial charge is 0.494 e. The van der Waals surface area contributed by atoms with Gasteiger partial charge in [-0.25, -0.2) is 4.68 Å². The molecule has 1 heterocycles. The van der Waals surface area contributed by atoms with Gasteiger partial charge in [-0.3, -0.25) is 19.8 Å². The van der Waals surface area contributed by atoms with E-state index in [4.69, 9.17) is 4.74 Å². The van der Waals surface area contributed by atoms with E-state index >= 15 is 0 Å². The fraction of sp³-hybridized carbons (Fsp3) is 0.148. The molecule has 3 amide bonds. The molecule has 0 fully saturated rings. The molecule has 3 N–H and O–H groups in total. The Morgan fingerprint density at radius 2 is 1.56 bits per heavy atom. The number of nitrogens with one attached hydrogen (secondary N) is 3. The van der Waals surface area contributed by atoms with Crippen molar-refractivity contribution in [3.63, 3.8) is 0 Å². The lowest BCUT2D eigenvalue weighted by atomic mass is 10.1. The van der Waals surface area contributed by atoms with E-state index in [1.54, 1.807) is 54.6 Å². The third-order valence-corrected chi connectivity index (χ3v) is 6.10. The van der Waals surface area contributed by atoms with E-state index in [2.05, 4.69) is 32.0 Å². The number of hydrogen-bond acceptors (Lipinski definition) is 4. The zero-order valence-electron chi connectivity index (χ0n) is 20.0. The van der Waals surface area contributed by atoms with Crippen LogP contribution in [0.2, 0.25) is 0 Å². The number of ether oxygens (including phenoxy) is 1. The number of aromatic nitrogens is 1. The van der Waals surface area contributed by atoms with Gasteiger partial charge in [-0.2, -0.15) is 0 Å². The number of amides is 3. The van der Waals surface area contributed by atoms with Crippen molar-refractivity contribution in [2.24, 2.45) is 0 Å². The topological polar surface area (TPSA) is 101 Å². The van der Waals surface area contributed by atoms with Crippen LogP contribution < -0.4 is 20.8 Å². The molecule has 0 aliphatic heterocycles. The Bertz CT molecular complexity index is 1460. The summed E-state index contributed by atoms with van der Waals surface area (Å²) in [6.07, 6.45) is 0. The Balaban J connectivity index is 1.58. The van der Waals surface area contributed by atoms with Gasteiger partial charge in [0.15, 0.2) is 0 Å². The van der Waals surface area contributed by atoms with Crippen molar-refractivity contribution in [1.82, 2.24) is 4.68 Å². The summed E-state index contributed by atoms with van der Waals surface area (Å²) in [5.41, 5.74) is 6.40. The Morgan fingerprint density at radius 1 is 0.833 bits per heavy atom. The minimum absolute atomic E-state index is 0.157. The third-order valence-electron chi connectivity index (χ3n) is 5.60. The average Bonchev–Trinajstić information content (AvgIpc) is 3.20. The van der Waals surface area contributed by atoms with Crippen LogP contribution in [-0.4, -0.2) is 29.0 Å². The van der Waals surface area contributed by atoms with Crippen LogP contribution in [0.5, 0.6) is 5.75 Å². The van der Waals surface area contributed by atoms with Gasteiger partial charge in [-0.15, -0.1) is 0 Å². The average molecular weight is 549 g/mol. The van der Waals surface area contributed by atoms with Crippen LogP contribution in [0, 0.1) is 13.8 Å². The first-order chi connectivity index (χ1) is 17.2. The molecule has 0 unspecified atom stereocenters. The highest BCUT2D eigenvalue weighted by Gasteiger charge is 2.21. The number of fused-ring (bicyclic) bond motifs is 1. The first-order valence-electron chi connectivity index (χ1n) is 11.3. The Hall–Kier alpha value is -4.11.